The molecule has 1 radical (unpaired) electrons. The third-order valence-corrected chi connectivity index (χ3v) is 5.27. The number of H-pyrrole nitrogens is 1. The lowest BCUT2D eigenvalue weighted by molar-refractivity contribution is 0.658. The number of aryl methyl sites for hydroxylation is 1. The number of aromatic nitrogens is 2. The first-order valence-electron chi connectivity index (χ1n) is 5.59. The molecule has 1 aromatic rings. The topological polar surface area (TPSA) is 38.4 Å². The lowest BCUT2D eigenvalue weighted by Crippen LogP contribution is -2.69. The van der Waals surface area contributed by atoms with Gasteiger partial charge in [-0.05, 0) is 21.0 Å². The van der Waals surface area contributed by atoms with E-state index in [0.717, 1.165) is 5.82 Å². The summed E-state index contributed by atoms with van der Waals surface area (Å²) >= 11 is 0. The van der Waals surface area contributed by atoms with Crippen LogP contribution < -0.4 is 4.48 Å². The Kier molecular flexibility index (Phi) is 3.14. The standard InChI is InChI=1S/C8H18B2N5Si/c1-7-6-11-12-8(7)15-10(3)13(4)9(2)14(5)16-15/h6,16H,1-5H3,(H,11,12). The van der Waals surface area contributed by atoms with E-state index in [2.05, 4.69) is 58.5 Å². The summed E-state index contributed by atoms with van der Waals surface area (Å²) in [7, 11) is 4.47. The van der Waals surface area contributed by atoms with Gasteiger partial charge in [-0.25, -0.2) is 0 Å². The fraction of sp³-hybridized carbons (Fsp3) is 0.625. The van der Waals surface area contributed by atoms with Gasteiger partial charge in [0.05, 0.1) is 6.20 Å². The van der Waals surface area contributed by atoms with Crippen LogP contribution in [-0.2, 0) is 0 Å². The van der Waals surface area contributed by atoms with Crippen molar-refractivity contribution in [3.8, 4) is 0 Å². The SMILES string of the molecule is CB1N(C)[SiH]N(c2[nH]ncc2C)B(C)N1C. The van der Waals surface area contributed by atoms with Crippen molar-refractivity contribution < 1.29 is 0 Å². The van der Waals surface area contributed by atoms with E-state index in [1.54, 1.807) is 0 Å². The fourth-order valence-electron chi connectivity index (χ4n) is 2.03. The average Bonchev–Trinajstić information content (AvgIpc) is 2.67. The number of aromatic amines is 1. The molecule has 1 aliphatic heterocycles. The quantitative estimate of drug-likeness (QED) is 0.689. The van der Waals surface area contributed by atoms with Gasteiger partial charge in [-0.2, -0.15) is 5.10 Å². The number of rotatable bonds is 1. The molecule has 0 saturated carbocycles. The van der Waals surface area contributed by atoms with Gasteiger partial charge in [0.15, 0.2) is 0 Å². The number of hydrogen-bond donors (Lipinski definition) is 1. The van der Waals surface area contributed by atoms with Gasteiger partial charge in [-0.1, -0.05) is 13.6 Å². The van der Waals surface area contributed by atoms with Crippen LogP contribution in [0.1, 0.15) is 5.56 Å². The molecule has 0 aliphatic carbocycles. The Bertz CT molecular complexity index is 373. The van der Waals surface area contributed by atoms with Gasteiger partial charge >= 0.3 is 6.98 Å². The molecule has 5 nitrogen and oxygen atoms in total. The first kappa shape index (κ1) is 11.8. The Hall–Kier alpha value is -0.723. The normalized spacial score (nSPS) is 19.7. The predicted octanol–water partition coefficient (Wildman–Crippen LogP) is -0.0958. The van der Waals surface area contributed by atoms with Crippen molar-refractivity contribution in [2.75, 3.05) is 18.6 Å². The van der Waals surface area contributed by atoms with Crippen molar-refractivity contribution in [1.29, 1.82) is 0 Å². The first-order valence-corrected chi connectivity index (χ1v) is 6.63. The minimum atomic E-state index is 0.121. The summed E-state index contributed by atoms with van der Waals surface area (Å²) in [6.07, 6.45) is 1.89. The van der Waals surface area contributed by atoms with Crippen molar-refractivity contribution >= 4 is 29.6 Å². The number of hydrogen-bond acceptors (Lipinski definition) is 4. The Labute approximate surface area is 100 Å². The number of nitrogens with zero attached hydrogens (tertiary/aromatic N) is 4. The van der Waals surface area contributed by atoms with Crippen molar-refractivity contribution in [3.05, 3.63) is 11.8 Å². The molecular formula is C8H18B2N5Si. The highest BCUT2D eigenvalue weighted by Crippen LogP contribution is 2.21. The van der Waals surface area contributed by atoms with Crippen LogP contribution in [0.3, 0.4) is 0 Å². The van der Waals surface area contributed by atoms with Crippen LogP contribution in [0.4, 0.5) is 5.82 Å². The molecule has 1 fully saturated rings. The van der Waals surface area contributed by atoms with Gasteiger partial charge in [0.1, 0.15) is 5.82 Å². The molecule has 0 aromatic carbocycles. The predicted molar refractivity (Wildman–Crippen MR) is 71.7 cm³/mol. The zero-order chi connectivity index (χ0) is 11.9. The molecule has 1 saturated heterocycles. The van der Waals surface area contributed by atoms with Crippen molar-refractivity contribution in [3.63, 3.8) is 0 Å². The highest BCUT2D eigenvalue weighted by Gasteiger charge is 2.38. The van der Waals surface area contributed by atoms with Crippen LogP contribution in [0.5, 0.6) is 0 Å². The average molecular weight is 234 g/mol. The van der Waals surface area contributed by atoms with Crippen LogP contribution in [0.15, 0.2) is 6.20 Å². The summed E-state index contributed by atoms with van der Waals surface area (Å²) in [5.41, 5.74) is 1.22. The number of anilines is 1. The van der Waals surface area contributed by atoms with E-state index in [4.69, 9.17) is 0 Å². The van der Waals surface area contributed by atoms with Crippen molar-refractivity contribution in [2.24, 2.45) is 0 Å². The fourth-order valence-corrected chi connectivity index (χ4v) is 3.61. The second-order valence-corrected chi connectivity index (χ2v) is 6.12. The third kappa shape index (κ3) is 1.81. The maximum atomic E-state index is 4.11. The Morgan fingerprint density at radius 1 is 1.31 bits per heavy atom. The Balaban J connectivity index is 2.26. The molecule has 1 aliphatic rings. The van der Waals surface area contributed by atoms with Gasteiger partial charge in [-0.3, -0.25) is 5.10 Å². The minimum absolute atomic E-state index is 0.121. The summed E-state index contributed by atoms with van der Waals surface area (Å²) < 4.78 is 7.19. The summed E-state index contributed by atoms with van der Waals surface area (Å²) in [5, 5.41) is 7.22. The lowest BCUT2D eigenvalue weighted by atomic mass is 9.63. The smallest absolute Gasteiger partial charge is 0.322 e. The number of nitrogens with one attached hydrogen (secondary N) is 1. The zero-order valence-electron chi connectivity index (χ0n) is 10.6. The molecule has 1 N–H and O–H groups in total. The van der Waals surface area contributed by atoms with E-state index in [0.29, 0.717) is 14.0 Å². The monoisotopic (exact) mass is 234 g/mol. The van der Waals surface area contributed by atoms with E-state index in [1.165, 1.54) is 5.56 Å². The molecule has 2 heterocycles. The molecule has 2 rings (SSSR count). The second kappa shape index (κ2) is 4.27. The Morgan fingerprint density at radius 2 is 2.00 bits per heavy atom. The molecule has 0 unspecified atom stereocenters. The largest absolute Gasteiger partial charge is 0.405 e. The van der Waals surface area contributed by atoms with Crippen molar-refractivity contribution in [2.45, 2.75) is 20.6 Å². The van der Waals surface area contributed by atoms with Crippen LogP contribution in [0.25, 0.3) is 0 Å². The molecule has 0 atom stereocenters. The molecule has 0 amide bonds. The van der Waals surface area contributed by atoms with Crippen molar-refractivity contribution in [1.82, 2.24) is 19.4 Å². The third-order valence-electron chi connectivity index (χ3n) is 3.54. The highest BCUT2D eigenvalue weighted by molar-refractivity contribution is 6.86. The molecular weight excluding hydrogens is 216 g/mol. The Morgan fingerprint density at radius 3 is 2.56 bits per heavy atom. The van der Waals surface area contributed by atoms with E-state index in [9.17, 15) is 0 Å². The van der Waals surface area contributed by atoms with Gasteiger partial charge in [0.25, 0.3) is 6.98 Å². The minimum Gasteiger partial charge on any atom is -0.405 e. The van der Waals surface area contributed by atoms with Crippen LogP contribution in [-0.4, -0.2) is 57.3 Å². The lowest BCUT2D eigenvalue weighted by Gasteiger charge is -2.46. The zero-order valence-corrected chi connectivity index (χ0v) is 11.8. The second-order valence-electron chi connectivity index (χ2n) is 4.52. The van der Waals surface area contributed by atoms with Crippen LogP contribution >= 0.6 is 0 Å². The molecule has 85 valence electrons. The van der Waals surface area contributed by atoms with Gasteiger partial charge in [0, 0.05) is 5.56 Å². The van der Waals surface area contributed by atoms with E-state index >= 15 is 0 Å². The molecule has 8 heteroatoms. The van der Waals surface area contributed by atoms with E-state index in [-0.39, 0.29) is 9.84 Å². The highest BCUT2D eigenvalue weighted by atomic mass is 28.2. The maximum Gasteiger partial charge on any atom is 0.322 e. The summed E-state index contributed by atoms with van der Waals surface area (Å²) in [4.78, 5) is 0. The summed E-state index contributed by atoms with van der Waals surface area (Å²) in [5.74, 6) is 1.16. The van der Waals surface area contributed by atoms with Gasteiger partial charge in [0.2, 0.25) is 9.84 Å². The van der Waals surface area contributed by atoms with Crippen LogP contribution in [0.2, 0.25) is 13.6 Å². The first-order chi connectivity index (χ1) is 7.52. The van der Waals surface area contributed by atoms with Crippen LogP contribution in [0, 0.1) is 6.92 Å². The van der Waals surface area contributed by atoms with E-state index < -0.39 is 0 Å². The molecule has 1 aromatic heterocycles. The maximum absolute atomic E-state index is 4.11. The molecule has 0 bridgehead atoms. The molecule has 0 spiro atoms. The summed E-state index contributed by atoms with van der Waals surface area (Å²) in [6, 6.07) is 0. The molecule has 16 heavy (non-hydrogen) atoms. The van der Waals surface area contributed by atoms with Gasteiger partial charge in [-0.15, -0.1) is 0 Å². The summed E-state index contributed by atoms with van der Waals surface area (Å²) in [6.45, 7) is 7.52. The van der Waals surface area contributed by atoms with E-state index in [1.807, 2.05) is 6.20 Å². The van der Waals surface area contributed by atoms with Gasteiger partial charge < -0.3 is 13.7 Å².